The quantitative estimate of drug-likeness (QED) is 0.617. The average Bonchev–Trinajstić information content (AvgIpc) is 2.53. The summed E-state index contributed by atoms with van der Waals surface area (Å²) in [7, 11) is -3.77. The Labute approximate surface area is 134 Å². The molecule has 2 rings (SSSR count). The van der Waals surface area contributed by atoms with Gasteiger partial charge in [0.05, 0.1) is 10.8 Å². The molecular weight excluding hydrogens is 320 g/mol. The van der Waals surface area contributed by atoms with Gasteiger partial charge in [0, 0.05) is 5.69 Å². The molecule has 23 heavy (non-hydrogen) atoms. The monoisotopic (exact) mass is 338 g/mol. The topological polar surface area (TPSA) is 116 Å². The molecule has 124 valence electrons. The van der Waals surface area contributed by atoms with Gasteiger partial charge in [-0.25, -0.2) is 13.6 Å². The molecule has 0 heterocycles. The number of hydrogen-bond acceptors (Lipinski definition) is 5. The van der Waals surface area contributed by atoms with Crippen molar-refractivity contribution in [3.05, 3.63) is 36.4 Å². The van der Waals surface area contributed by atoms with E-state index in [0.717, 1.165) is 12.8 Å². The SMILES string of the molecule is NS(=O)(=O)c1ccc(NC(=O)COC(=O)[C@H]2CC=CCC2)cc1. The number of sulfonamides is 1. The van der Waals surface area contributed by atoms with E-state index in [0.29, 0.717) is 12.1 Å². The van der Waals surface area contributed by atoms with Gasteiger partial charge >= 0.3 is 5.97 Å². The Balaban J connectivity index is 1.82. The van der Waals surface area contributed by atoms with Crippen LogP contribution >= 0.6 is 0 Å². The standard InChI is InChI=1S/C15H18N2O5S/c16-23(20,21)13-8-6-12(7-9-13)17-14(18)10-22-15(19)11-4-2-1-3-5-11/h1-2,6-9,11H,3-5,10H2,(H,17,18)(H2,16,20,21)/t11-/m0/s1. The van der Waals surface area contributed by atoms with E-state index in [1.165, 1.54) is 24.3 Å². The normalized spacial score (nSPS) is 17.5. The third kappa shape index (κ3) is 5.19. The van der Waals surface area contributed by atoms with Crippen molar-refractivity contribution in [3.63, 3.8) is 0 Å². The first-order valence-corrected chi connectivity index (χ1v) is 8.65. The Bertz CT molecular complexity index is 710. The van der Waals surface area contributed by atoms with Crippen LogP contribution in [0.15, 0.2) is 41.3 Å². The van der Waals surface area contributed by atoms with Crippen molar-refractivity contribution in [1.82, 2.24) is 0 Å². The Morgan fingerprint density at radius 3 is 2.48 bits per heavy atom. The summed E-state index contributed by atoms with van der Waals surface area (Å²) < 4.78 is 27.2. The molecule has 0 spiro atoms. The minimum atomic E-state index is -3.77. The van der Waals surface area contributed by atoms with Gasteiger partial charge in [-0.2, -0.15) is 0 Å². The molecule has 0 saturated carbocycles. The van der Waals surface area contributed by atoms with Crippen molar-refractivity contribution in [2.24, 2.45) is 11.1 Å². The number of hydrogen-bond donors (Lipinski definition) is 2. The van der Waals surface area contributed by atoms with Crippen LogP contribution in [0.2, 0.25) is 0 Å². The van der Waals surface area contributed by atoms with Crippen LogP contribution in [0.25, 0.3) is 0 Å². The van der Waals surface area contributed by atoms with Gasteiger partial charge in [0.15, 0.2) is 6.61 Å². The summed E-state index contributed by atoms with van der Waals surface area (Å²) in [6.07, 6.45) is 6.15. The van der Waals surface area contributed by atoms with Crippen molar-refractivity contribution in [2.75, 3.05) is 11.9 Å². The van der Waals surface area contributed by atoms with Gasteiger partial charge < -0.3 is 10.1 Å². The van der Waals surface area contributed by atoms with Crippen LogP contribution < -0.4 is 10.5 Å². The number of nitrogens with one attached hydrogen (secondary N) is 1. The molecule has 1 aromatic rings. The maximum atomic E-state index is 11.8. The fourth-order valence-electron chi connectivity index (χ4n) is 2.19. The molecule has 1 aromatic carbocycles. The summed E-state index contributed by atoms with van der Waals surface area (Å²) in [6, 6.07) is 5.38. The first-order valence-electron chi connectivity index (χ1n) is 7.10. The lowest BCUT2D eigenvalue weighted by Gasteiger charge is -2.16. The van der Waals surface area contributed by atoms with Gasteiger partial charge in [0.25, 0.3) is 5.91 Å². The molecule has 0 aromatic heterocycles. The van der Waals surface area contributed by atoms with Gasteiger partial charge in [0.1, 0.15) is 0 Å². The van der Waals surface area contributed by atoms with E-state index in [1.807, 2.05) is 12.2 Å². The molecule has 1 aliphatic rings. The van der Waals surface area contributed by atoms with E-state index in [2.05, 4.69) is 5.32 Å². The van der Waals surface area contributed by atoms with Crippen LogP contribution in [0.1, 0.15) is 19.3 Å². The second kappa shape index (κ2) is 7.38. The fraction of sp³-hybridized carbons (Fsp3) is 0.333. The average molecular weight is 338 g/mol. The maximum Gasteiger partial charge on any atom is 0.309 e. The molecule has 1 amide bonds. The number of anilines is 1. The minimum Gasteiger partial charge on any atom is -0.455 e. The molecule has 0 unspecified atom stereocenters. The predicted octanol–water partition coefficient (Wildman–Crippen LogP) is 1.17. The third-order valence-corrected chi connectivity index (χ3v) is 4.34. The van der Waals surface area contributed by atoms with Crippen molar-refractivity contribution < 1.29 is 22.7 Å². The number of amides is 1. The first kappa shape index (κ1) is 17.2. The lowest BCUT2D eigenvalue weighted by atomic mass is 9.95. The third-order valence-electron chi connectivity index (χ3n) is 3.41. The summed E-state index contributed by atoms with van der Waals surface area (Å²) in [5, 5.41) is 7.50. The highest BCUT2D eigenvalue weighted by molar-refractivity contribution is 7.89. The highest BCUT2D eigenvalue weighted by Gasteiger charge is 2.21. The van der Waals surface area contributed by atoms with E-state index in [9.17, 15) is 18.0 Å². The van der Waals surface area contributed by atoms with Crippen molar-refractivity contribution in [2.45, 2.75) is 24.2 Å². The molecule has 3 N–H and O–H groups in total. The Morgan fingerprint density at radius 1 is 1.22 bits per heavy atom. The van der Waals surface area contributed by atoms with Gasteiger partial charge in [-0.1, -0.05) is 12.2 Å². The molecule has 0 bridgehead atoms. The number of esters is 1. The number of carbonyl (C=O) groups excluding carboxylic acids is 2. The molecule has 0 aliphatic heterocycles. The smallest absolute Gasteiger partial charge is 0.309 e. The lowest BCUT2D eigenvalue weighted by molar-refractivity contribution is -0.151. The molecule has 0 radical (unpaired) electrons. The van der Waals surface area contributed by atoms with E-state index in [4.69, 9.17) is 9.88 Å². The predicted molar refractivity (Wildman–Crippen MR) is 83.9 cm³/mol. The largest absolute Gasteiger partial charge is 0.455 e. The highest BCUT2D eigenvalue weighted by Crippen LogP contribution is 2.19. The van der Waals surface area contributed by atoms with Crippen LogP contribution in [0.3, 0.4) is 0 Å². The van der Waals surface area contributed by atoms with Crippen LogP contribution in [-0.2, 0) is 24.3 Å². The van der Waals surface area contributed by atoms with Gasteiger partial charge in [-0.05, 0) is 43.5 Å². The van der Waals surface area contributed by atoms with E-state index >= 15 is 0 Å². The Kier molecular flexibility index (Phi) is 5.51. The van der Waals surface area contributed by atoms with Crippen LogP contribution in [0.4, 0.5) is 5.69 Å². The zero-order chi connectivity index (χ0) is 16.9. The Morgan fingerprint density at radius 2 is 1.91 bits per heavy atom. The van der Waals surface area contributed by atoms with Gasteiger partial charge in [0.2, 0.25) is 10.0 Å². The van der Waals surface area contributed by atoms with Gasteiger partial charge in [-0.15, -0.1) is 0 Å². The second-order valence-electron chi connectivity index (χ2n) is 5.21. The summed E-state index contributed by atoms with van der Waals surface area (Å²) in [5.74, 6) is -1.07. The first-order chi connectivity index (χ1) is 10.9. The number of primary sulfonamides is 1. The van der Waals surface area contributed by atoms with Crippen molar-refractivity contribution in [3.8, 4) is 0 Å². The molecular formula is C15H18N2O5S. The zero-order valence-electron chi connectivity index (χ0n) is 12.4. The van der Waals surface area contributed by atoms with E-state index in [-0.39, 0.29) is 23.4 Å². The number of benzene rings is 1. The summed E-state index contributed by atoms with van der Waals surface area (Å²) in [6.45, 7) is -0.379. The molecule has 0 fully saturated rings. The fourth-order valence-corrected chi connectivity index (χ4v) is 2.70. The molecule has 7 nitrogen and oxygen atoms in total. The highest BCUT2D eigenvalue weighted by atomic mass is 32.2. The summed E-state index contributed by atoms with van der Waals surface area (Å²) in [4.78, 5) is 23.5. The lowest BCUT2D eigenvalue weighted by Crippen LogP contribution is -2.25. The maximum absolute atomic E-state index is 11.8. The van der Waals surface area contributed by atoms with Crippen LogP contribution in [0.5, 0.6) is 0 Å². The van der Waals surface area contributed by atoms with Crippen LogP contribution in [0, 0.1) is 5.92 Å². The number of nitrogens with two attached hydrogens (primary N) is 1. The van der Waals surface area contributed by atoms with E-state index < -0.39 is 15.9 Å². The number of allylic oxidation sites excluding steroid dienone is 2. The van der Waals surface area contributed by atoms with Crippen molar-refractivity contribution in [1.29, 1.82) is 0 Å². The van der Waals surface area contributed by atoms with E-state index in [1.54, 1.807) is 0 Å². The number of carbonyl (C=O) groups is 2. The summed E-state index contributed by atoms with van der Waals surface area (Å²) in [5.41, 5.74) is 0.388. The number of rotatable bonds is 5. The zero-order valence-corrected chi connectivity index (χ0v) is 13.2. The van der Waals surface area contributed by atoms with Crippen LogP contribution in [-0.4, -0.2) is 26.9 Å². The van der Waals surface area contributed by atoms with Gasteiger partial charge in [-0.3, -0.25) is 9.59 Å². The van der Waals surface area contributed by atoms with Crippen molar-refractivity contribution >= 4 is 27.6 Å². The molecule has 0 saturated heterocycles. The Hall–Kier alpha value is -2.19. The molecule has 1 atom stereocenters. The molecule has 8 heteroatoms. The second-order valence-corrected chi connectivity index (χ2v) is 6.77. The summed E-state index contributed by atoms with van der Waals surface area (Å²) >= 11 is 0. The molecule has 1 aliphatic carbocycles. The number of ether oxygens (including phenoxy) is 1. The minimum absolute atomic E-state index is 0.0488.